The number of anilines is 1. The van der Waals surface area contributed by atoms with E-state index in [1.807, 2.05) is 17.0 Å². The molecule has 10 heteroatoms. The summed E-state index contributed by atoms with van der Waals surface area (Å²) in [6, 6.07) is 13.7. The van der Waals surface area contributed by atoms with Gasteiger partial charge in [-0.2, -0.15) is 18.3 Å². The molecular weight excluding hydrogens is 435 g/mol. The summed E-state index contributed by atoms with van der Waals surface area (Å²) in [7, 11) is 0. The zero-order valence-electron chi connectivity index (χ0n) is 17.8. The first-order valence-electron chi connectivity index (χ1n) is 10.3. The Hall–Kier alpha value is -3.82. The largest absolute Gasteiger partial charge is 0.434 e. The van der Waals surface area contributed by atoms with Gasteiger partial charge in [0.05, 0.1) is 24.0 Å². The number of carbonyl (C=O) groups excluding carboxylic acids is 2. The molecule has 172 valence electrons. The van der Waals surface area contributed by atoms with Crippen LogP contribution in [0.2, 0.25) is 0 Å². The van der Waals surface area contributed by atoms with Gasteiger partial charge in [-0.05, 0) is 36.2 Å². The van der Waals surface area contributed by atoms with Crippen molar-refractivity contribution in [3.8, 4) is 5.69 Å². The van der Waals surface area contributed by atoms with Crippen molar-refractivity contribution in [3.05, 3.63) is 77.1 Å². The van der Waals surface area contributed by atoms with Crippen molar-refractivity contribution in [2.75, 3.05) is 24.5 Å². The highest BCUT2D eigenvalue weighted by atomic mass is 19.4. The minimum absolute atomic E-state index is 0.0481. The molecule has 0 unspecified atom stereocenters. The van der Waals surface area contributed by atoms with E-state index < -0.39 is 23.3 Å². The van der Waals surface area contributed by atoms with E-state index in [4.69, 9.17) is 0 Å². The van der Waals surface area contributed by atoms with Gasteiger partial charge in [0, 0.05) is 25.3 Å². The molecule has 0 saturated carbocycles. The average molecular weight is 457 g/mol. The second-order valence-electron chi connectivity index (χ2n) is 7.72. The Morgan fingerprint density at radius 1 is 1.15 bits per heavy atom. The fourth-order valence-corrected chi connectivity index (χ4v) is 3.73. The van der Waals surface area contributed by atoms with Crippen LogP contribution < -0.4 is 15.5 Å². The van der Waals surface area contributed by atoms with Gasteiger partial charge in [-0.1, -0.05) is 30.3 Å². The highest BCUT2D eigenvalue weighted by Gasteiger charge is 2.40. The highest BCUT2D eigenvalue weighted by molar-refractivity contribution is 5.95. The second kappa shape index (κ2) is 8.97. The SMILES string of the molecule is Cc1ccccc1-n1ncc(C(=O)NCc2ccc(N3CCNC(=O)C3)cc2)c1C(F)(F)F. The van der Waals surface area contributed by atoms with E-state index in [2.05, 4.69) is 15.7 Å². The first kappa shape index (κ1) is 22.4. The van der Waals surface area contributed by atoms with E-state index in [9.17, 15) is 22.8 Å². The van der Waals surface area contributed by atoms with Gasteiger partial charge in [0.15, 0.2) is 5.69 Å². The van der Waals surface area contributed by atoms with Crippen LogP contribution in [0.4, 0.5) is 18.9 Å². The minimum atomic E-state index is -4.77. The maximum Gasteiger partial charge on any atom is 0.434 e. The van der Waals surface area contributed by atoms with Crippen LogP contribution in [0.25, 0.3) is 5.69 Å². The van der Waals surface area contributed by atoms with Gasteiger partial charge in [-0.15, -0.1) is 0 Å². The number of rotatable bonds is 5. The summed E-state index contributed by atoms with van der Waals surface area (Å²) >= 11 is 0. The van der Waals surface area contributed by atoms with Crippen LogP contribution >= 0.6 is 0 Å². The zero-order chi connectivity index (χ0) is 23.6. The molecule has 7 nitrogen and oxygen atoms in total. The third-order valence-corrected chi connectivity index (χ3v) is 5.42. The maximum absolute atomic E-state index is 13.9. The van der Waals surface area contributed by atoms with Crippen LogP contribution in [0.1, 0.15) is 27.2 Å². The molecule has 2 aromatic carbocycles. The van der Waals surface area contributed by atoms with E-state index in [-0.39, 0.29) is 24.7 Å². The topological polar surface area (TPSA) is 79.3 Å². The smallest absolute Gasteiger partial charge is 0.360 e. The van der Waals surface area contributed by atoms with Gasteiger partial charge < -0.3 is 15.5 Å². The standard InChI is InChI=1S/C23H22F3N5O2/c1-15-4-2-3-5-19(15)31-21(23(24,25)26)18(13-29-31)22(33)28-12-16-6-8-17(9-7-16)30-11-10-27-20(32)14-30/h2-9,13H,10-12,14H2,1H3,(H,27,32)(H,28,33). The van der Waals surface area contributed by atoms with Gasteiger partial charge >= 0.3 is 6.18 Å². The van der Waals surface area contributed by atoms with Crippen molar-refractivity contribution >= 4 is 17.5 Å². The number of alkyl halides is 3. The number of nitrogens with one attached hydrogen (secondary N) is 2. The molecule has 33 heavy (non-hydrogen) atoms. The Morgan fingerprint density at radius 2 is 1.88 bits per heavy atom. The van der Waals surface area contributed by atoms with Crippen LogP contribution in [-0.2, 0) is 17.5 Å². The summed E-state index contributed by atoms with van der Waals surface area (Å²) in [4.78, 5) is 26.1. The summed E-state index contributed by atoms with van der Waals surface area (Å²) in [6.07, 6.45) is -3.83. The van der Waals surface area contributed by atoms with Gasteiger partial charge in [-0.25, -0.2) is 4.68 Å². The first-order chi connectivity index (χ1) is 15.7. The molecule has 1 aromatic heterocycles. The molecule has 2 amide bonds. The number of aryl methyl sites for hydroxylation is 1. The van der Waals surface area contributed by atoms with E-state index in [1.165, 1.54) is 6.07 Å². The third-order valence-electron chi connectivity index (χ3n) is 5.42. The summed E-state index contributed by atoms with van der Waals surface area (Å²) in [5.41, 5.74) is 0.775. The monoisotopic (exact) mass is 457 g/mol. The lowest BCUT2D eigenvalue weighted by Crippen LogP contribution is -2.47. The predicted octanol–water partition coefficient (Wildman–Crippen LogP) is 3.07. The Balaban J connectivity index is 1.50. The van der Waals surface area contributed by atoms with Crippen molar-refractivity contribution in [3.63, 3.8) is 0 Å². The molecule has 0 radical (unpaired) electrons. The van der Waals surface area contributed by atoms with Gasteiger partial charge in [0.2, 0.25) is 5.91 Å². The molecule has 1 aliphatic heterocycles. The lowest BCUT2D eigenvalue weighted by molar-refractivity contribution is -0.143. The van der Waals surface area contributed by atoms with Crippen molar-refractivity contribution in [2.24, 2.45) is 0 Å². The van der Waals surface area contributed by atoms with Gasteiger partial charge in [-0.3, -0.25) is 9.59 Å². The van der Waals surface area contributed by atoms with Crippen molar-refractivity contribution in [1.29, 1.82) is 0 Å². The molecule has 1 fully saturated rings. The number of amides is 2. The summed E-state index contributed by atoms with van der Waals surface area (Å²) in [6.45, 7) is 3.24. The number of nitrogens with zero attached hydrogens (tertiary/aromatic N) is 3. The number of hydrogen-bond donors (Lipinski definition) is 2. The predicted molar refractivity (Wildman–Crippen MR) is 116 cm³/mol. The highest BCUT2D eigenvalue weighted by Crippen LogP contribution is 2.34. The number of para-hydroxylation sites is 1. The fourth-order valence-electron chi connectivity index (χ4n) is 3.73. The molecule has 4 rings (SSSR count). The molecule has 1 aliphatic rings. The number of carbonyl (C=O) groups is 2. The van der Waals surface area contributed by atoms with Crippen LogP contribution in [0.3, 0.4) is 0 Å². The Kier molecular flexibility index (Phi) is 6.08. The number of hydrogen-bond acceptors (Lipinski definition) is 4. The molecule has 1 saturated heterocycles. The first-order valence-corrected chi connectivity index (χ1v) is 10.3. The second-order valence-corrected chi connectivity index (χ2v) is 7.72. The zero-order valence-corrected chi connectivity index (χ0v) is 17.8. The number of halogens is 3. The fraction of sp³-hybridized carbons (Fsp3) is 0.261. The minimum Gasteiger partial charge on any atom is -0.360 e. The quantitative estimate of drug-likeness (QED) is 0.617. The summed E-state index contributed by atoms with van der Waals surface area (Å²) in [5.74, 6) is -0.914. The Morgan fingerprint density at radius 3 is 2.55 bits per heavy atom. The van der Waals surface area contributed by atoms with Crippen LogP contribution in [0, 0.1) is 6.92 Å². The van der Waals surface area contributed by atoms with Crippen molar-refractivity contribution < 1.29 is 22.8 Å². The van der Waals surface area contributed by atoms with Crippen LogP contribution in [0.15, 0.2) is 54.7 Å². The average Bonchev–Trinajstić information content (AvgIpc) is 3.24. The molecular formula is C23H22F3N5O2. The molecule has 0 atom stereocenters. The normalized spacial score (nSPS) is 14.2. The number of aromatic nitrogens is 2. The summed E-state index contributed by atoms with van der Waals surface area (Å²) in [5, 5.41) is 9.16. The van der Waals surface area contributed by atoms with Gasteiger partial charge in [0.25, 0.3) is 5.91 Å². The van der Waals surface area contributed by atoms with Crippen molar-refractivity contribution in [1.82, 2.24) is 20.4 Å². The molecule has 3 aromatic rings. The van der Waals surface area contributed by atoms with E-state index >= 15 is 0 Å². The molecule has 2 heterocycles. The van der Waals surface area contributed by atoms with E-state index in [1.54, 1.807) is 37.3 Å². The molecule has 0 aliphatic carbocycles. The van der Waals surface area contributed by atoms with Crippen LogP contribution in [-0.4, -0.2) is 41.2 Å². The number of piperazine rings is 1. The Labute approximate surface area is 188 Å². The molecule has 0 bridgehead atoms. The lowest BCUT2D eigenvalue weighted by atomic mass is 10.1. The molecule has 0 spiro atoms. The lowest BCUT2D eigenvalue weighted by Gasteiger charge is -2.28. The third kappa shape index (κ3) is 4.84. The van der Waals surface area contributed by atoms with Crippen LogP contribution in [0.5, 0.6) is 0 Å². The number of benzene rings is 2. The van der Waals surface area contributed by atoms with Gasteiger partial charge in [0.1, 0.15) is 0 Å². The van der Waals surface area contributed by atoms with E-state index in [0.717, 1.165) is 16.6 Å². The van der Waals surface area contributed by atoms with Crippen molar-refractivity contribution in [2.45, 2.75) is 19.6 Å². The molecule has 2 N–H and O–H groups in total. The Bertz CT molecular complexity index is 1170. The van der Waals surface area contributed by atoms with E-state index in [0.29, 0.717) is 24.2 Å². The summed E-state index contributed by atoms with van der Waals surface area (Å²) < 4.78 is 42.3. The maximum atomic E-state index is 13.9.